The molecule has 3 rings (SSSR count). The van der Waals surface area contributed by atoms with Crippen molar-refractivity contribution in [1.29, 1.82) is 0 Å². The number of carbonyl (C=O) groups excluding carboxylic acids is 1. The van der Waals surface area contributed by atoms with Gasteiger partial charge in [-0.05, 0) is 36.6 Å². The molecule has 1 heterocycles. The minimum absolute atomic E-state index is 0.165. The number of anilines is 2. The number of rotatable bonds is 4. The molecule has 0 radical (unpaired) electrons. The monoisotopic (exact) mass is 373 g/mol. The molecule has 1 atom stereocenters. The largest absolute Gasteiger partial charge is 0.324 e. The Kier molecular flexibility index (Phi) is 5.46. The van der Waals surface area contributed by atoms with Crippen molar-refractivity contribution < 1.29 is 13.2 Å². The first-order valence-electron chi connectivity index (χ1n) is 8.59. The lowest BCUT2D eigenvalue weighted by Crippen LogP contribution is -2.41. The predicted octanol–water partition coefficient (Wildman–Crippen LogP) is 3.47. The summed E-state index contributed by atoms with van der Waals surface area (Å²) in [6.45, 7) is 1.40. The van der Waals surface area contributed by atoms with E-state index in [9.17, 15) is 13.2 Å². The number of urea groups is 1. The van der Waals surface area contributed by atoms with Gasteiger partial charge in [0.15, 0.2) is 0 Å². The summed E-state index contributed by atoms with van der Waals surface area (Å²) in [6.07, 6.45) is 3.12. The summed E-state index contributed by atoms with van der Waals surface area (Å²) in [6, 6.07) is 16.8. The lowest BCUT2D eigenvalue weighted by molar-refractivity contribution is 0.193. The molecule has 0 spiro atoms. The number of hydrogen-bond donors (Lipinski definition) is 2. The van der Waals surface area contributed by atoms with E-state index < -0.39 is 10.0 Å². The van der Waals surface area contributed by atoms with Crippen molar-refractivity contribution in [1.82, 2.24) is 4.90 Å². The van der Waals surface area contributed by atoms with E-state index in [4.69, 9.17) is 0 Å². The maximum Gasteiger partial charge on any atom is 0.321 e. The first-order chi connectivity index (χ1) is 12.4. The summed E-state index contributed by atoms with van der Waals surface area (Å²) in [5.74, 6) is 0.342. The van der Waals surface area contributed by atoms with E-state index in [0.29, 0.717) is 23.8 Å². The summed E-state index contributed by atoms with van der Waals surface area (Å²) >= 11 is 0. The van der Waals surface area contributed by atoms with Gasteiger partial charge in [-0.3, -0.25) is 4.72 Å². The van der Waals surface area contributed by atoms with Crippen molar-refractivity contribution in [3.8, 4) is 0 Å². The van der Waals surface area contributed by atoms with Crippen molar-refractivity contribution >= 4 is 27.4 Å². The third-order valence-corrected chi connectivity index (χ3v) is 5.00. The van der Waals surface area contributed by atoms with Crippen LogP contribution in [0, 0.1) is 0 Å². The second-order valence-corrected chi connectivity index (χ2v) is 8.33. The van der Waals surface area contributed by atoms with E-state index in [1.54, 1.807) is 24.3 Å². The molecule has 0 aliphatic carbocycles. The molecule has 1 aliphatic heterocycles. The molecular weight excluding hydrogens is 350 g/mol. The fraction of sp³-hybridized carbons (Fsp3) is 0.316. The van der Waals surface area contributed by atoms with Gasteiger partial charge in [0.1, 0.15) is 0 Å². The van der Waals surface area contributed by atoms with Crippen LogP contribution >= 0.6 is 0 Å². The van der Waals surface area contributed by atoms with Crippen molar-refractivity contribution in [2.45, 2.75) is 18.8 Å². The van der Waals surface area contributed by atoms with Gasteiger partial charge >= 0.3 is 6.03 Å². The molecular formula is C19H23N3O3S. The summed E-state index contributed by atoms with van der Waals surface area (Å²) in [4.78, 5) is 14.4. The number of benzene rings is 2. The first-order valence-corrected chi connectivity index (χ1v) is 10.5. The van der Waals surface area contributed by atoms with Gasteiger partial charge in [0.2, 0.25) is 10.0 Å². The zero-order chi connectivity index (χ0) is 18.6. The number of nitrogens with one attached hydrogen (secondary N) is 2. The highest BCUT2D eigenvalue weighted by molar-refractivity contribution is 7.92. The van der Waals surface area contributed by atoms with Gasteiger partial charge in [0, 0.05) is 24.7 Å². The van der Waals surface area contributed by atoms with E-state index in [1.807, 2.05) is 23.1 Å². The number of hydrogen-bond acceptors (Lipinski definition) is 3. The zero-order valence-corrected chi connectivity index (χ0v) is 15.5. The number of nitrogens with zero attached hydrogens (tertiary/aromatic N) is 1. The van der Waals surface area contributed by atoms with E-state index in [-0.39, 0.29) is 6.03 Å². The minimum atomic E-state index is -3.35. The second-order valence-electron chi connectivity index (χ2n) is 6.58. The van der Waals surface area contributed by atoms with Gasteiger partial charge in [0.05, 0.1) is 11.9 Å². The van der Waals surface area contributed by atoms with E-state index in [0.717, 1.165) is 25.6 Å². The van der Waals surface area contributed by atoms with Crippen molar-refractivity contribution in [3.63, 3.8) is 0 Å². The van der Waals surface area contributed by atoms with Crippen molar-refractivity contribution in [2.75, 3.05) is 29.4 Å². The van der Waals surface area contributed by atoms with Crippen LogP contribution in [-0.4, -0.2) is 38.7 Å². The van der Waals surface area contributed by atoms with Crippen LogP contribution in [0.5, 0.6) is 0 Å². The van der Waals surface area contributed by atoms with Crippen LogP contribution in [-0.2, 0) is 10.0 Å². The Morgan fingerprint density at radius 1 is 1.08 bits per heavy atom. The summed E-state index contributed by atoms with van der Waals surface area (Å²) < 4.78 is 25.1. The molecule has 7 heteroatoms. The third kappa shape index (κ3) is 4.98. The van der Waals surface area contributed by atoms with Crippen LogP contribution in [0.3, 0.4) is 0 Å². The van der Waals surface area contributed by atoms with Gasteiger partial charge in [-0.1, -0.05) is 36.4 Å². The molecule has 2 aromatic carbocycles. The maximum absolute atomic E-state index is 12.6. The number of piperidine rings is 1. The number of amides is 2. The molecule has 0 saturated carbocycles. The van der Waals surface area contributed by atoms with E-state index in [2.05, 4.69) is 22.2 Å². The van der Waals surface area contributed by atoms with E-state index >= 15 is 0 Å². The quantitative estimate of drug-likeness (QED) is 0.861. The molecule has 0 bridgehead atoms. The van der Waals surface area contributed by atoms with E-state index in [1.165, 1.54) is 5.56 Å². The average molecular weight is 373 g/mol. The van der Waals surface area contributed by atoms with Crippen LogP contribution in [0.25, 0.3) is 0 Å². The molecule has 1 unspecified atom stereocenters. The van der Waals surface area contributed by atoms with Crippen LogP contribution in [0.4, 0.5) is 16.2 Å². The molecule has 1 aliphatic rings. The number of sulfonamides is 1. The van der Waals surface area contributed by atoms with Crippen LogP contribution in [0.1, 0.15) is 24.3 Å². The standard InChI is InChI=1S/C19H23N3O3S/c1-26(24,25)21-18-11-5-10-17(13-18)20-19(23)22-12-6-9-16(14-22)15-7-3-2-4-8-15/h2-5,7-8,10-11,13,16,21H,6,9,12,14H2,1H3,(H,20,23). The Labute approximate surface area is 154 Å². The molecule has 2 aromatic rings. The highest BCUT2D eigenvalue weighted by atomic mass is 32.2. The van der Waals surface area contributed by atoms with Crippen LogP contribution < -0.4 is 10.0 Å². The van der Waals surface area contributed by atoms with Crippen molar-refractivity contribution in [2.24, 2.45) is 0 Å². The number of likely N-dealkylation sites (tertiary alicyclic amines) is 1. The Bertz CT molecular complexity index is 869. The highest BCUT2D eigenvalue weighted by Gasteiger charge is 2.24. The second kappa shape index (κ2) is 7.78. The normalized spacial score (nSPS) is 17.6. The molecule has 1 fully saturated rings. The Hall–Kier alpha value is -2.54. The highest BCUT2D eigenvalue weighted by Crippen LogP contribution is 2.27. The number of carbonyl (C=O) groups is 1. The first kappa shape index (κ1) is 18.3. The average Bonchev–Trinajstić information content (AvgIpc) is 2.61. The molecule has 1 saturated heterocycles. The molecule has 138 valence electrons. The molecule has 2 N–H and O–H groups in total. The van der Waals surface area contributed by atoms with Gasteiger partial charge in [-0.2, -0.15) is 0 Å². The predicted molar refractivity (Wildman–Crippen MR) is 104 cm³/mol. The lowest BCUT2D eigenvalue weighted by atomic mass is 9.91. The summed E-state index contributed by atoms with van der Waals surface area (Å²) in [7, 11) is -3.35. The van der Waals surface area contributed by atoms with Gasteiger partial charge in [-0.15, -0.1) is 0 Å². The fourth-order valence-corrected chi connectivity index (χ4v) is 3.79. The molecule has 6 nitrogen and oxygen atoms in total. The van der Waals surface area contributed by atoms with Crippen LogP contribution in [0.15, 0.2) is 54.6 Å². The summed E-state index contributed by atoms with van der Waals surface area (Å²) in [5.41, 5.74) is 2.24. The Morgan fingerprint density at radius 3 is 2.54 bits per heavy atom. The molecule has 0 aromatic heterocycles. The maximum atomic E-state index is 12.6. The Morgan fingerprint density at radius 2 is 1.81 bits per heavy atom. The minimum Gasteiger partial charge on any atom is -0.324 e. The van der Waals surface area contributed by atoms with Crippen molar-refractivity contribution in [3.05, 3.63) is 60.2 Å². The van der Waals surface area contributed by atoms with Gasteiger partial charge < -0.3 is 10.2 Å². The molecule has 26 heavy (non-hydrogen) atoms. The Balaban J connectivity index is 1.65. The molecule has 2 amide bonds. The van der Waals surface area contributed by atoms with Gasteiger partial charge in [-0.25, -0.2) is 13.2 Å². The zero-order valence-electron chi connectivity index (χ0n) is 14.7. The third-order valence-electron chi connectivity index (χ3n) is 4.40. The fourth-order valence-electron chi connectivity index (χ4n) is 3.24. The lowest BCUT2D eigenvalue weighted by Gasteiger charge is -2.33. The van der Waals surface area contributed by atoms with Gasteiger partial charge in [0.25, 0.3) is 0 Å². The summed E-state index contributed by atoms with van der Waals surface area (Å²) in [5, 5.41) is 2.86. The SMILES string of the molecule is CS(=O)(=O)Nc1cccc(NC(=O)N2CCCC(c3ccccc3)C2)c1. The topological polar surface area (TPSA) is 78.5 Å². The van der Waals surface area contributed by atoms with Crippen LogP contribution in [0.2, 0.25) is 0 Å². The smallest absolute Gasteiger partial charge is 0.321 e.